The molecule has 0 aromatic rings. The van der Waals surface area contributed by atoms with E-state index in [-0.39, 0.29) is 29.8 Å². The molecule has 0 saturated carbocycles. The Balaban J connectivity index is 2.03. The molecule has 6 nitrogen and oxygen atoms in total. The summed E-state index contributed by atoms with van der Waals surface area (Å²) in [5.74, 6) is -0.531. The van der Waals surface area contributed by atoms with Crippen molar-refractivity contribution in [3.63, 3.8) is 0 Å². The summed E-state index contributed by atoms with van der Waals surface area (Å²) >= 11 is 0. The van der Waals surface area contributed by atoms with E-state index in [0.717, 1.165) is 19.3 Å². The highest BCUT2D eigenvalue weighted by Crippen LogP contribution is 2.25. The summed E-state index contributed by atoms with van der Waals surface area (Å²) in [4.78, 5) is 27.7. The van der Waals surface area contributed by atoms with Gasteiger partial charge in [0.1, 0.15) is 5.60 Å². The third-order valence-corrected chi connectivity index (χ3v) is 4.06. The maximum absolute atomic E-state index is 12.3. The minimum absolute atomic E-state index is 0.0489. The Bertz CT molecular complexity index is 481. The minimum atomic E-state index is -0.528. The van der Waals surface area contributed by atoms with Gasteiger partial charge in [0.05, 0.1) is 12.1 Å². The van der Waals surface area contributed by atoms with E-state index in [0.29, 0.717) is 13.1 Å². The van der Waals surface area contributed by atoms with Gasteiger partial charge in [-0.3, -0.25) is 4.79 Å². The van der Waals surface area contributed by atoms with E-state index >= 15 is 0 Å². The van der Waals surface area contributed by atoms with Crippen molar-refractivity contribution in [2.45, 2.75) is 64.6 Å². The van der Waals surface area contributed by atoms with Crippen LogP contribution in [0.4, 0.5) is 4.79 Å². The second-order valence-electron chi connectivity index (χ2n) is 6.95. The Morgan fingerprint density at radius 3 is 2.73 bits per heavy atom. The number of carbonyl (C=O) groups is 2. The third-order valence-electron chi connectivity index (χ3n) is 4.06. The summed E-state index contributed by atoms with van der Waals surface area (Å²) in [7, 11) is 0. The number of carbonyl (C=O) groups excluding carboxylic acids is 2. The average molecular weight is 310 g/mol. The molecular formula is C16H26N2O4. The molecule has 1 unspecified atom stereocenters. The number of aliphatic hydroxyl groups excluding tert-OH is 1. The van der Waals surface area contributed by atoms with Gasteiger partial charge in [-0.1, -0.05) is 6.92 Å². The fourth-order valence-corrected chi connectivity index (χ4v) is 3.01. The van der Waals surface area contributed by atoms with Gasteiger partial charge in [-0.25, -0.2) is 4.79 Å². The molecular weight excluding hydrogens is 284 g/mol. The van der Waals surface area contributed by atoms with Gasteiger partial charge in [0.25, 0.3) is 5.91 Å². The van der Waals surface area contributed by atoms with Gasteiger partial charge in [0.2, 0.25) is 0 Å². The van der Waals surface area contributed by atoms with Gasteiger partial charge < -0.3 is 19.6 Å². The largest absolute Gasteiger partial charge is 0.503 e. The summed E-state index contributed by atoms with van der Waals surface area (Å²) < 4.78 is 5.44. The predicted molar refractivity (Wildman–Crippen MR) is 82.5 cm³/mol. The quantitative estimate of drug-likeness (QED) is 0.869. The molecule has 1 saturated heterocycles. The lowest BCUT2D eigenvalue weighted by Gasteiger charge is -2.32. The Labute approximate surface area is 131 Å². The van der Waals surface area contributed by atoms with Gasteiger partial charge in [-0.05, 0) is 46.1 Å². The number of nitrogens with zero attached hydrogens (tertiary/aromatic N) is 2. The van der Waals surface area contributed by atoms with Crippen LogP contribution in [0.1, 0.15) is 47.0 Å². The van der Waals surface area contributed by atoms with Crippen LogP contribution in [0.3, 0.4) is 0 Å². The van der Waals surface area contributed by atoms with Crippen molar-refractivity contribution >= 4 is 12.0 Å². The van der Waals surface area contributed by atoms with Crippen molar-refractivity contribution in [2.24, 2.45) is 0 Å². The second-order valence-corrected chi connectivity index (χ2v) is 6.95. The van der Waals surface area contributed by atoms with Crippen LogP contribution >= 0.6 is 0 Å². The topological polar surface area (TPSA) is 70.1 Å². The van der Waals surface area contributed by atoms with Crippen molar-refractivity contribution in [3.8, 4) is 0 Å². The molecule has 124 valence electrons. The van der Waals surface area contributed by atoms with Crippen LogP contribution in [0.5, 0.6) is 0 Å². The van der Waals surface area contributed by atoms with Crippen LogP contribution in [0.25, 0.3) is 0 Å². The van der Waals surface area contributed by atoms with E-state index in [9.17, 15) is 14.7 Å². The highest BCUT2D eigenvalue weighted by atomic mass is 16.6. The zero-order chi connectivity index (χ0) is 16.5. The first kappa shape index (κ1) is 16.6. The van der Waals surface area contributed by atoms with Crippen LogP contribution < -0.4 is 0 Å². The van der Waals surface area contributed by atoms with E-state index in [1.807, 2.05) is 27.7 Å². The molecule has 2 atom stereocenters. The molecule has 6 heteroatoms. The van der Waals surface area contributed by atoms with Crippen molar-refractivity contribution in [2.75, 3.05) is 13.1 Å². The van der Waals surface area contributed by atoms with Crippen molar-refractivity contribution < 1.29 is 19.4 Å². The van der Waals surface area contributed by atoms with E-state index in [1.54, 1.807) is 15.9 Å². The van der Waals surface area contributed by atoms with Crippen molar-refractivity contribution in [1.82, 2.24) is 9.80 Å². The molecule has 0 radical (unpaired) electrons. The van der Waals surface area contributed by atoms with E-state index < -0.39 is 5.60 Å². The second kappa shape index (κ2) is 6.18. The van der Waals surface area contributed by atoms with Gasteiger partial charge >= 0.3 is 6.09 Å². The maximum Gasteiger partial charge on any atom is 0.410 e. The normalized spacial score (nSPS) is 25.6. The van der Waals surface area contributed by atoms with Gasteiger partial charge in [-0.15, -0.1) is 0 Å². The van der Waals surface area contributed by atoms with Gasteiger partial charge in [0.15, 0.2) is 5.76 Å². The molecule has 2 aliphatic heterocycles. The summed E-state index contributed by atoms with van der Waals surface area (Å²) in [6.07, 6.45) is 3.76. The first-order chi connectivity index (χ1) is 10.2. The van der Waals surface area contributed by atoms with E-state index in [1.165, 1.54) is 0 Å². The fraction of sp³-hybridized carbons (Fsp3) is 0.750. The van der Waals surface area contributed by atoms with Crippen LogP contribution in [-0.2, 0) is 9.53 Å². The molecule has 2 amide bonds. The molecule has 0 aromatic heterocycles. The van der Waals surface area contributed by atoms with Crippen molar-refractivity contribution in [1.29, 1.82) is 0 Å². The first-order valence-electron chi connectivity index (χ1n) is 7.94. The number of amides is 2. The predicted octanol–water partition coefficient (Wildman–Crippen LogP) is 2.45. The Kier molecular flexibility index (Phi) is 4.68. The molecule has 1 N–H and O–H groups in total. The Morgan fingerprint density at radius 1 is 1.45 bits per heavy atom. The number of rotatable bonds is 3. The molecule has 2 rings (SSSR count). The highest BCUT2D eigenvalue weighted by molar-refractivity contribution is 5.94. The van der Waals surface area contributed by atoms with Crippen molar-refractivity contribution in [3.05, 3.63) is 11.8 Å². The Morgan fingerprint density at radius 2 is 2.14 bits per heavy atom. The van der Waals surface area contributed by atoms with E-state index in [2.05, 4.69) is 0 Å². The molecule has 0 aliphatic carbocycles. The monoisotopic (exact) mass is 310 g/mol. The molecule has 1 fully saturated rings. The minimum Gasteiger partial charge on any atom is -0.503 e. The Hall–Kier alpha value is -1.72. The molecule has 2 aliphatic rings. The summed E-state index contributed by atoms with van der Waals surface area (Å²) in [6, 6.07) is -0.138. The van der Waals surface area contributed by atoms with Crippen LogP contribution in [-0.4, -0.2) is 57.7 Å². The zero-order valence-corrected chi connectivity index (χ0v) is 13.8. The molecule has 2 heterocycles. The average Bonchev–Trinajstić information content (AvgIpc) is 2.97. The molecule has 0 bridgehead atoms. The lowest BCUT2D eigenvalue weighted by atomic mass is 10.1. The zero-order valence-electron chi connectivity index (χ0n) is 13.8. The lowest BCUT2D eigenvalue weighted by molar-refractivity contribution is -0.130. The third kappa shape index (κ3) is 3.54. The molecule has 0 spiro atoms. The number of hydrogen-bond donors (Lipinski definition) is 1. The standard InChI is InChI=1S/C16H26N2O4/c1-5-11-9-13(19)14(20)18(11)10-12-7-6-8-17(12)15(21)22-16(2,3)4/h9,11-12,19H,5-8,10H2,1-4H3/t11?,12-/m1/s1. The van der Waals surface area contributed by atoms with Gasteiger partial charge in [0, 0.05) is 13.1 Å². The number of hydrogen-bond acceptors (Lipinski definition) is 4. The molecule has 0 aromatic carbocycles. The number of aliphatic hydroxyl groups is 1. The number of ether oxygens (including phenoxy) is 1. The summed E-state index contributed by atoms with van der Waals surface area (Å²) in [5.41, 5.74) is -0.528. The number of likely N-dealkylation sites (tertiary alicyclic amines) is 1. The fourth-order valence-electron chi connectivity index (χ4n) is 3.01. The molecule has 22 heavy (non-hydrogen) atoms. The lowest BCUT2D eigenvalue weighted by Crippen LogP contribution is -2.47. The summed E-state index contributed by atoms with van der Waals surface area (Å²) in [6.45, 7) is 8.59. The van der Waals surface area contributed by atoms with Crippen LogP contribution in [0.2, 0.25) is 0 Å². The van der Waals surface area contributed by atoms with Gasteiger partial charge in [-0.2, -0.15) is 0 Å². The first-order valence-corrected chi connectivity index (χ1v) is 7.94. The smallest absolute Gasteiger partial charge is 0.410 e. The summed E-state index contributed by atoms with van der Waals surface area (Å²) in [5, 5.41) is 9.64. The van der Waals surface area contributed by atoms with Crippen LogP contribution in [0.15, 0.2) is 11.8 Å². The maximum atomic E-state index is 12.3. The SMILES string of the molecule is CCC1C=C(O)C(=O)N1C[C@H]1CCCN1C(=O)OC(C)(C)C. The van der Waals surface area contributed by atoms with E-state index in [4.69, 9.17) is 4.74 Å². The van der Waals surface area contributed by atoms with Crippen LogP contribution in [0, 0.1) is 0 Å². The highest BCUT2D eigenvalue weighted by Gasteiger charge is 2.38.